The Morgan fingerprint density at radius 3 is 2.80 bits per heavy atom. The highest BCUT2D eigenvalue weighted by molar-refractivity contribution is 5.74. The summed E-state index contributed by atoms with van der Waals surface area (Å²) in [7, 11) is 0. The highest BCUT2D eigenvalue weighted by atomic mass is 16.2. The summed E-state index contributed by atoms with van der Waals surface area (Å²) in [6.07, 6.45) is 13.5. The average molecular weight is 345 g/mol. The topological polar surface area (TPSA) is 71.8 Å². The highest BCUT2D eigenvalue weighted by Crippen LogP contribution is 2.44. The average Bonchev–Trinajstić information content (AvgIpc) is 3.35. The van der Waals surface area contributed by atoms with E-state index in [2.05, 4.69) is 25.4 Å². The van der Waals surface area contributed by atoms with Crippen molar-refractivity contribution in [2.75, 3.05) is 6.54 Å². The van der Waals surface area contributed by atoms with Gasteiger partial charge in [0.05, 0.1) is 0 Å². The fraction of sp³-hybridized carbons (Fsp3) is 0.842. The van der Waals surface area contributed by atoms with Crippen molar-refractivity contribution in [3.8, 4) is 0 Å². The molecule has 0 radical (unpaired) electrons. The van der Waals surface area contributed by atoms with Crippen molar-refractivity contribution in [2.45, 2.75) is 83.2 Å². The summed E-state index contributed by atoms with van der Waals surface area (Å²) < 4.78 is 2.26. The smallest absolute Gasteiger partial charge is 0.315 e. The molecule has 0 unspecified atom stereocenters. The second-order valence-corrected chi connectivity index (χ2v) is 8.05. The van der Waals surface area contributed by atoms with Crippen LogP contribution in [0.25, 0.3) is 0 Å². The van der Waals surface area contributed by atoms with Gasteiger partial charge >= 0.3 is 6.03 Å². The van der Waals surface area contributed by atoms with Crippen LogP contribution in [0.15, 0.2) is 0 Å². The minimum absolute atomic E-state index is 0.0149. The molecule has 25 heavy (non-hydrogen) atoms. The summed E-state index contributed by atoms with van der Waals surface area (Å²) in [6, 6.07) is 0.395. The third-order valence-electron chi connectivity index (χ3n) is 6.23. The number of carbonyl (C=O) groups excluding carboxylic acids is 1. The van der Waals surface area contributed by atoms with Gasteiger partial charge in [0, 0.05) is 32.0 Å². The predicted octanol–water partition coefficient (Wildman–Crippen LogP) is 2.82. The molecule has 2 aliphatic carbocycles. The molecule has 0 spiro atoms. The van der Waals surface area contributed by atoms with Crippen molar-refractivity contribution in [3.05, 3.63) is 11.6 Å². The molecule has 1 aromatic heterocycles. The van der Waals surface area contributed by atoms with Crippen LogP contribution in [0.5, 0.6) is 0 Å². The number of nitrogens with one attached hydrogen (secondary N) is 2. The van der Waals surface area contributed by atoms with E-state index in [0.29, 0.717) is 12.6 Å². The molecule has 2 amide bonds. The second kappa shape index (κ2) is 7.75. The monoisotopic (exact) mass is 345 g/mol. The van der Waals surface area contributed by atoms with Gasteiger partial charge in [-0.05, 0) is 31.1 Å². The molecule has 1 aromatic rings. The third kappa shape index (κ3) is 4.15. The number of fused-ring (bicyclic) bond motifs is 1. The summed E-state index contributed by atoms with van der Waals surface area (Å²) in [5, 5.41) is 14.8. The number of nitrogens with zero attached hydrogens (tertiary/aromatic N) is 3. The van der Waals surface area contributed by atoms with Crippen LogP contribution in [0.1, 0.15) is 69.4 Å². The lowest BCUT2D eigenvalue weighted by Gasteiger charge is -2.21. The number of urea groups is 1. The molecule has 3 aliphatic rings. The molecule has 0 saturated heterocycles. The Labute approximate surface area is 150 Å². The molecule has 2 heterocycles. The van der Waals surface area contributed by atoms with Gasteiger partial charge in [-0.15, -0.1) is 10.2 Å². The summed E-state index contributed by atoms with van der Waals surface area (Å²) >= 11 is 0. The molecule has 2 fully saturated rings. The number of carbonyl (C=O) groups is 1. The first-order valence-electron chi connectivity index (χ1n) is 10.3. The van der Waals surface area contributed by atoms with Crippen LogP contribution in [0.3, 0.4) is 0 Å². The van der Waals surface area contributed by atoms with Crippen molar-refractivity contribution in [2.24, 2.45) is 11.8 Å². The van der Waals surface area contributed by atoms with E-state index in [1.165, 1.54) is 57.8 Å². The molecule has 0 aromatic carbocycles. The van der Waals surface area contributed by atoms with E-state index in [9.17, 15) is 4.79 Å². The molecule has 138 valence electrons. The van der Waals surface area contributed by atoms with Gasteiger partial charge in [-0.25, -0.2) is 4.79 Å². The maximum Gasteiger partial charge on any atom is 0.315 e. The zero-order chi connectivity index (χ0) is 17.1. The fourth-order valence-electron chi connectivity index (χ4n) is 4.70. The molecule has 6 heteroatoms. The summed E-state index contributed by atoms with van der Waals surface area (Å²) in [6.45, 7) is 1.65. The van der Waals surface area contributed by atoms with Crippen LogP contribution >= 0.6 is 0 Å². The van der Waals surface area contributed by atoms with E-state index in [1.807, 2.05) is 0 Å². The number of aromatic nitrogens is 3. The van der Waals surface area contributed by atoms with E-state index >= 15 is 0 Å². The van der Waals surface area contributed by atoms with E-state index in [1.54, 1.807) is 0 Å². The van der Waals surface area contributed by atoms with Gasteiger partial charge in [0.2, 0.25) is 0 Å². The zero-order valence-corrected chi connectivity index (χ0v) is 15.2. The molecule has 2 atom stereocenters. The molecule has 2 saturated carbocycles. The van der Waals surface area contributed by atoms with Crippen LogP contribution in [0, 0.1) is 11.8 Å². The van der Waals surface area contributed by atoms with E-state index in [-0.39, 0.29) is 6.03 Å². The number of aryl methyl sites for hydroxylation is 1. The number of rotatable bonds is 5. The predicted molar refractivity (Wildman–Crippen MR) is 96.3 cm³/mol. The van der Waals surface area contributed by atoms with Gasteiger partial charge in [-0.1, -0.05) is 38.5 Å². The minimum atomic E-state index is -0.0149. The van der Waals surface area contributed by atoms with Gasteiger partial charge < -0.3 is 15.2 Å². The fourth-order valence-corrected chi connectivity index (χ4v) is 4.70. The molecule has 2 N–H and O–H groups in total. The molecular weight excluding hydrogens is 314 g/mol. The zero-order valence-electron chi connectivity index (χ0n) is 15.2. The van der Waals surface area contributed by atoms with Crippen molar-refractivity contribution in [1.29, 1.82) is 0 Å². The first-order chi connectivity index (χ1) is 12.3. The lowest BCUT2D eigenvalue weighted by molar-refractivity contribution is 0.238. The van der Waals surface area contributed by atoms with Crippen LogP contribution in [-0.2, 0) is 19.4 Å². The standard InChI is InChI=1S/C19H31N5O/c25-19(21-16-13-15(16)14-7-3-1-4-8-14)20-11-10-18-23-22-17-9-5-2-6-12-24(17)18/h14-16H,1-13H2,(H2,20,21,25)/t15-,16+/m0/s1. The van der Waals surface area contributed by atoms with Gasteiger partial charge in [-0.2, -0.15) is 0 Å². The Bertz CT molecular complexity index is 593. The number of hydrogen-bond donors (Lipinski definition) is 2. The maximum absolute atomic E-state index is 12.1. The largest absolute Gasteiger partial charge is 0.338 e. The third-order valence-corrected chi connectivity index (χ3v) is 6.23. The Hall–Kier alpha value is -1.59. The van der Waals surface area contributed by atoms with Crippen molar-refractivity contribution < 1.29 is 4.79 Å². The summed E-state index contributed by atoms with van der Waals surface area (Å²) in [4.78, 5) is 12.1. The Morgan fingerprint density at radius 2 is 1.92 bits per heavy atom. The highest BCUT2D eigenvalue weighted by Gasteiger charge is 2.43. The normalized spacial score (nSPS) is 26.6. The maximum atomic E-state index is 12.1. The lowest BCUT2D eigenvalue weighted by atomic mass is 9.85. The van der Waals surface area contributed by atoms with Crippen LogP contribution in [0.2, 0.25) is 0 Å². The number of amides is 2. The first-order valence-corrected chi connectivity index (χ1v) is 10.3. The molecule has 0 bridgehead atoms. The van der Waals surface area contributed by atoms with Crippen molar-refractivity contribution in [3.63, 3.8) is 0 Å². The van der Waals surface area contributed by atoms with Crippen molar-refractivity contribution in [1.82, 2.24) is 25.4 Å². The van der Waals surface area contributed by atoms with Gasteiger partial charge in [-0.3, -0.25) is 0 Å². The molecular formula is C19H31N5O. The van der Waals surface area contributed by atoms with Crippen LogP contribution < -0.4 is 10.6 Å². The molecule has 6 nitrogen and oxygen atoms in total. The Kier molecular flexibility index (Phi) is 5.22. The quantitative estimate of drug-likeness (QED) is 0.862. The van der Waals surface area contributed by atoms with Crippen molar-refractivity contribution >= 4 is 6.03 Å². The number of hydrogen-bond acceptors (Lipinski definition) is 3. The Balaban J connectivity index is 1.18. The summed E-state index contributed by atoms with van der Waals surface area (Å²) in [5.74, 6) is 3.72. The van der Waals surface area contributed by atoms with Crippen LogP contribution in [-0.4, -0.2) is 33.4 Å². The molecule has 4 rings (SSSR count). The van der Waals surface area contributed by atoms with E-state index < -0.39 is 0 Å². The first kappa shape index (κ1) is 16.9. The lowest BCUT2D eigenvalue weighted by Crippen LogP contribution is -2.39. The van der Waals surface area contributed by atoms with E-state index in [0.717, 1.165) is 42.9 Å². The van der Waals surface area contributed by atoms with Gasteiger partial charge in [0.25, 0.3) is 0 Å². The van der Waals surface area contributed by atoms with Crippen LogP contribution in [0.4, 0.5) is 4.79 Å². The minimum Gasteiger partial charge on any atom is -0.338 e. The molecule has 1 aliphatic heterocycles. The summed E-state index contributed by atoms with van der Waals surface area (Å²) in [5.41, 5.74) is 0. The second-order valence-electron chi connectivity index (χ2n) is 8.05. The van der Waals surface area contributed by atoms with Gasteiger partial charge in [0.1, 0.15) is 11.6 Å². The Morgan fingerprint density at radius 1 is 1.08 bits per heavy atom. The van der Waals surface area contributed by atoms with E-state index in [4.69, 9.17) is 0 Å². The SMILES string of the molecule is O=C(NCCc1nnc2n1CCCCC2)N[C@@H]1C[C@H]1C1CCCCC1. The van der Waals surface area contributed by atoms with Gasteiger partial charge in [0.15, 0.2) is 0 Å².